The van der Waals surface area contributed by atoms with E-state index in [2.05, 4.69) is 26.2 Å². The second kappa shape index (κ2) is 23.0. The van der Waals surface area contributed by atoms with Crippen molar-refractivity contribution in [2.24, 2.45) is 5.92 Å². The van der Waals surface area contributed by atoms with Crippen LogP contribution in [0.25, 0.3) is 0 Å². The van der Waals surface area contributed by atoms with Gasteiger partial charge in [0.25, 0.3) is 0 Å². The Hall–Kier alpha value is -0.0400. The molecule has 0 saturated heterocycles. The van der Waals surface area contributed by atoms with Crippen LogP contribution in [0.15, 0.2) is 0 Å². The molecule has 26 heavy (non-hydrogen) atoms. The molecule has 1 atom stereocenters. The van der Waals surface area contributed by atoms with Crippen LogP contribution in [0.1, 0.15) is 142 Å². The number of hydrogen-bond donors (Lipinski definition) is 1. The molecule has 0 spiro atoms. The number of unbranched alkanes of at least 4 members (excludes halogenated alkanes) is 16. The molecule has 0 heterocycles. The molecule has 0 amide bonds. The van der Waals surface area contributed by atoms with Gasteiger partial charge in [-0.1, -0.05) is 129 Å². The maximum atomic E-state index is 3.43. The van der Waals surface area contributed by atoms with Crippen LogP contribution in [0.4, 0.5) is 0 Å². The summed E-state index contributed by atoms with van der Waals surface area (Å²) in [6.07, 6.45) is 29.0. The van der Waals surface area contributed by atoms with Gasteiger partial charge in [-0.05, 0) is 32.4 Å². The van der Waals surface area contributed by atoms with E-state index in [-0.39, 0.29) is 0 Å². The fourth-order valence-corrected chi connectivity index (χ4v) is 4.12. The molecule has 1 unspecified atom stereocenters. The zero-order valence-electron chi connectivity index (χ0n) is 18.9. The van der Waals surface area contributed by atoms with E-state index < -0.39 is 0 Å². The molecule has 0 aliphatic rings. The highest BCUT2D eigenvalue weighted by molar-refractivity contribution is 4.63. The van der Waals surface area contributed by atoms with E-state index in [9.17, 15) is 0 Å². The molecule has 0 fully saturated rings. The van der Waals surface area contributed by atoms with Crippen molar-refractivity contribution in [3.63, 3.8) is 0 Å². The molecule has 1 nitrogen and oxygen atoms in total. The Morgan fingerprint density at radius 1 is 0.462 bits per heavy atom. The van der Waals surface area contributed by atoms with E-state index in [0.717, 1.165) is 5.92 Å². The molecular formula is C25H53N. The predicted octanol–water partition coefficient (Wildman–Crippen LogP) is 8.66. The summed E-state index contributed by atoms with van der Waals surface area (Å²) in [6.45, 7) is 5.83. The fraction of sp³-hybridized carbons (Fsp3) is 1.00. The SMILES string of the molecule is CCCCCCCCCCCCC(CCCCCCCCCC)CNC. The normalized spacial score (nSPS) is 12.6. The van der Waals surface area contributed by atoms with Crippen LogP contribution in [0, 0.1) is 5.92 Å². The van der Waals surface area contributed by atoms with Crippen LogP contribution in [-0.4, -0.2) is 13.6 Å². The summed E-state index contributed by atoms with van der Waals surface area (Å²) in [7, 11) is 2.12. The third kappa shape index (κ3) is 20.3. The van der Waals surface area contributed by atoms with Crippen molar-refractivity contribution in [3.05, 3.63) is 0 Å². The lowest BCUT2D eigenvalue weighted by Crippen LogP contribution is -2.18. The van der Waals surface area contributed by atoms with Crippen molar-refractivity contribution in [2.45, 2.75) is 142 Å². The maximum Gasteiger partial charge on any atom is -0.00235 e. The van der Waals surface area contributed by atoms with E-state index in [1.54, 1.807) is 0 Å². The average molecular weight is 368 g/mol. The van der Waals surface area contributed by atoms with Gasteiger partial charge in [0.15, 0.2) is 0 Å². The van der Waals surface area contributed by atoms with Gasteiger partial charge in [-0.15, -0.1) is 0 Å². The second-order valence-corrected chi connectivity index (χ2v) is 8.66. The molecule has 0 radical (unpaired) electrons. The molecule has 0 bridgehead atoms. The molecule has 1 N–H and O–H groups in total. The summed E-state index contributed by atoms with van der Waals surface area (Å²) < 4.78 is 0. The van der Waals surface area contributed by atoms with Crippen molar-refractivity contribution in [1.29, 1.82) is 0 Å². The lowest BCUT2D eigenvalue weighted by atomic mass is 9.94. The van der Waals surface area contributed by atoms with Crippen LogP contribution in [0.2, 0.25) is 0 Å². The largest absolute Gasteiger partial charge is 0.319 e. The lowest BCUT2D eigenvalue weighted by molar-refractivity contribution is 0.391. The summed E-state index contributed by atoms with van der Waals surface area (Å²) in [6, 6.07) is 0. The molecule has 0 aliphatic heterocycles. The van der Waals surface area contributed by atoms with Crippen LogP contribution in [-0.2, 0) is 0 Å². The maximum absolute atomic E-state index is 3.43. The molecule has 0 saturated carbocycles. The first kappa shape index (κ1) is 26.0. The zero-order valence-corrected chi connectivity index (χ0v) is 18.9. The molecule has 0 aromatic carbocycles. The summed E-state index contributed by atoms with van der Waals surface area (Å²) in [5.74, 6) is 0.925. The van der Waals surface area contributed by atoms with Gasteiger partial charge in [-0.2, -0.15) is 0 Å². The summed E-state index contributed by atoms with van der Waals surface area (Å²) >= 11 is 0. The Balaban J connectivity index is 3.41. The molecule has 158 valence electrons. The van der Waals surface area contributed by atoms with Crippen molar-refractivity contribution in [1.82, 2.24) is 5.32 Å². The molecule has 0 aromatic heterocycles. The fourth-order valence-electron chi connectivity index (χ4n) is 4.12. The predicted molar refractivity (Wildman–Crippen MR) is 121 cm³/mol. The Bertz CT molecular complexity index is 238. The van der Waals surface area contributed by atoms with Gasteiger partial charge in [0, 0.05) is 0 Å². The van der Waals surface area contributed by atoms with E-state index in [0.29, 0.717) is 0 Å². The van der Waals surface area contributed by atoms with Crippen LogP contribution >= 0.6 is 0 Å². The first-order chi connectivity index (χ1) is 12.8. The number of rotatable bonds is 22. The topological polar surface area (TPSA) is 12.0 Å². The van der Waals surface area contributed by atoms with Gasteiger partial charge in [-0.3, -0.25) is 0 Å². The van der Waals surface area contributed by atoms with Crippen molar-refractivity contribution >= 4 is 0 Å². The van der Waals surface area contributed by atoms with Gasteiger partial charge >= 0.3 is 0 Å². The van der Waals surface area contributed by atoms with E-state index in [4.69, 9.17) is 0 Å². The average Bonchev–Trinajstić information content (AvgIpc) is 2.65. The van der Waals surface area contributed by atoms with Gasteiger partial charge in [-0.25, -0.2) is 0 Å². The van der Waals surface area contributed by atoms with Gasteiger partial charge in [0.1, 0.15) is 0 Å². The van der Waals surface area contributed by atoms with Crippen LogP contribution < -0.4 is 5.32 Å². The summed E-state index contributed by atoms with van der Waals surface area (Å²) in [5.41, 5.74) is 0. The highest BCUT2D eigenvalue weighted by Gasteiger charge is 2.07. The number of nitrogens with one attached hydrogen (secondary N) is 1. The molecule has 0 aromatic rings. The Labute approximate surface area is 167 Å². The van der Waals surface area contributed by atoms with Crippen molar-refractivity contribution in [2.75, 3.05) is 13.6 Å². The van der Waals surface area contributed by atoms with E-state index in [1.165, 1.54) is 135 Å². The minimum Gasteiger partial charge on any atom is -0.319 e. The standard InChI is InChI=1S/C25H53N/c1-4-6-8-10-12-14-15-17-19-21-23-25(24-26-3)22-20-18-16-13-11-9-7-5-2/h25-26H,4-24H2,1-3H3. The van der Waals surface area contributed by atoms with Crippen molar-refractivity contribution in [3.8, 4) is 0 Å². The third-order valence-electron chi connectivity index (χ3n) is 5.92. The molecular weight excluding hydrogens is 314 g/mol. The minimum absolute atomic E-state index is 0.925. The third-order valence-corrected chi connectivity index (χ3v) is 5.92. The first-order valence-corrected chi connectivity index (χ1v) is 12.5. The summed E-state index contributed by atoms with van der Waals surface area (Å²) in [5, 5.41) is 3.43. The second-order valence-electron chi connectivity index (χ2n) is 8.66. The highest BCUT2D eigenvalue weighted by Crippen LogP contribution is 2.19. The lowest BCUT2D eigenvalue weighted by Gasteiger charge is -2.16. The Morgan fingerprint density at radius 2 is 0.769 bits per heavy atom. The van der Waals surface area contributed by atoms with Gasteiger partial charge < -0.3 is 5.32 Å². The summed E-state index contributed by atoms with van der Waals surface area (Å²) in [4.78, 5) is 0. The van der Waals surface area contributed by atoms with E-state index >= 15 is 0 Å². The minimum atomic E-state index is 0.925. The van der Waals surface area contributed by atoms with Crippen LogP contribution in [0.3, 0.4) is 0 Å². The Morgan fingerprint density at radius 3 is 1.08 bits per heavy atom. The first-order valence-electron chi connectivity index (χ1n) is 12.5. The monoisotopic (exact) mass is 367 g/mol. The molecule has 0 rings (SSSR count). The van der Waals surface area contributed by atoms with Crippen molar-refractivity contribution < 1.29 is 0 Å². The van der Waals surface area contributed by atoms with Crippen LogP contribution in [0.5, 0.6) is 0 Å². The Kier molecular flexibility index (Phi) is 23.0. The van der Waals surface area contributed by atoms with E-state index in [1.807, 2.05) is 0 Å². The van der Waals surface area contributed by atoms with Gasteiger partial charge in [0.2, 0.25) is 0 Å². The highest BCUT2D eigenvalue weighted by atomic mass is 14.8. The van der Waals surface area contributed by atoms with Gasteiger partial charge in [0.05, 0.1) is 0 Å². The smallest absolute Gasteiger partial charge is 0.00235 e. The number of hydrogen-bond acceptors (Lipinski definition) is 1. The molecule has 1 heteroatoms. The quantitative estimate of drug-likeness (QED) is 0.189. The molecule has 0 aliphatic carbocycles. The zero-order chi connectivity index (χ0) is 19.1.